The summed E-state index contributed by atoms with van der Waals surface area (Å²) in [6.07, 6.45) is 0. The van der Waals surface area contributed by atoms with E-state index >= 15 is 0 Å². The molecule has 0 saturated carbocycles. The molecule has 0 spiro atoms. The van der Waals surface area contributed by atoms with Crippen LogP contribution in [0.3, 0.4) is 0 Å². The summed E-state index contributed by atoms with van der Waals surface area (Å²) in [5.41, 5.74) is 0. The lowest BCUT2D eigenvalue weighted by atomic mass is 10.6. The van der Waals surface area contributed by atoms with Crippen molar-refractivity contribution in [1.29, 1.82) is 0 Å². The average molecular weight is 183 g/mol. The van der Waals surface area contributed by atoms with Crippen LogP contribution in [0.4, 0.5) is 4.39 Å². The molecule has 0 saturated heterocycles. The lowest BCUT2D eigenvalue weighted by Crippen LogP contribution is -2.25. The van der Waals surface area contributed by atoms with Crippen LogP contribution in [0.1, 0.15) is 6.92 Å². The molecule has 0 aromatic rings. The highest BCUT2D eigenvalue weighted by molar-refractivity contribution is 7.91. The van der Waals surface area contributed by atoms with Crippen molar-refractivity contribution in [2.75, 3.05) is 31.3 Å². The molecule has 11 heavy (non-hydrogen) atoms. The van der Waals surface area contributed by atoms with E-state index in [9.17, 15) is 12.8 Å². The predicted molar refractivity (Wildman–Crippen MR) is 43.2 cm³/mol. The fraction of sp³-hybridized carbons (Fsp3) is 1.00. The molecule has 0 heterocycles. The Labute approximate surface area is 66.9 Å². The van der Waals surface area contributed by atoms with Crippen molar-refractivity contribution in [1.82, 2.24) is 5.32 Å². The maximum Gasteiger partial charge on any atom is 0.151 e. The molecule has 0 fully saturated rings. The molecule has 3 nitrogen and oxygen atoms in total. The van der Waals surface area contributed by atoms with Gasteiger partial charge >= 0.3 is 0 Å². The summed E-state index contributed by atoms with van der Waals surface area (Å²) in [5.74, 6) is 0.258. The van der Waals surface area contributed by atoms with E-state index in [2.05, 4.69) is 5.32 Å². The fourth-order valence-corrected chi connectivity index (χ4v) is 1.31. The minimum absolute atomic E-state index is 0.101. The third kappa shape index (κ3) is 6.25. The highest BCUT2D eigenvalue weighted by Crippen LogP contribution is 1.86. The Balaban J connectivity index is 3.39. The van der Waals surface area contributed by atoms with Crippen molar-refractivity contribution in [2.24, 2.45) is 0 Å². The van der Waals surface area contributed by atoms with E-state index in [1.54, 1.807) is 6.92 Å². The van der Waals surface area contributed by atoms with Crippen LogP contribution in [0.5, 0.6) is 0 Å². The zero-order chi connectivity index (χ0) is 8.74. The van der Waals surface area contributed by atoms with E-state index in [1.165, 1.54) is 0 Å². The van der Waals surface area contributed by atoms with Gasteiger partial charge in [-0.3, -0.25) is 0 Å². The Morgan fingerprint density at radius 3 is 2.45 bits per heavy atom. The van der Waals surface area contributed by atoms with Gasteiger partial charge in [0, 0.05) is 18.8 Å². The summed E-state index contributed by atoms with van der Waals surface area (Å²) in [4.78, 5) is 0. The lowest BCUT2D eigenvalue weighted by Gasteiger charge is -2.01. The Morgan fingerprint density at radius 2 is 2.00 bits per heavy atom. The van der Waals surface area contributed by atoms with Crippen molar-refractivity contribution >= 4 is 9.84 Å². The monoisotopic (exact) mass is 183 g/mol. The summed E-state index contributed by atoms with van der Waals surface area (Å²) in [7, 11) is -2.88. The first kappa shape index (κ1) is 10.8. The first-order chi connectivity index (χ1) is 5.12. The normalized spacial score (nSPS) is 11.8. The van der Waals surface area contributed by atoms with E-state index in [1.807, 2.05) is 0 Å². The van der Waals surface area contributed by atoms with Crippen LogP contribution in [-0.4, -0.2) is 39.7 Å². The van der Waals surface area contributed by atoms with Gasteiger partial charge in [-0.1, -0.05) is 6.92 Å². The quantitative estimate of drug-likeness (QED) is 0.589. The number of rotatable bonds is 6. The second-order valence-electron chi connectivity index (χ2n) is 2.18. The van der Waals surface area contributed by atoms with Crippen molar-refractivity contribution in [3.8, 4) is 0 Å². The standard InChI is InChI=1S/C6H14FNO2S/c1-2-11(9,10)6-5-8-4-3-7/h8H,2-6H2,1H3. The largest absolute Gasteiger partial charge is 0.313 e. The predicted octanol–water partition coefficient (Wildman–Crippen LogP) is -0.0198. The van der Waals surface area contributed by atoms with Gasteiger partial charge in [0.25, 0.3) is 0 Å². The molecular formula is C6H14FNO2S. The van der Waals surface area contributed by atoms with E-state index in [-0.39, 0.29) is 18.1 Å². The first-order valence-electron chi connectivity index (χ1n) is 3.59. The van der Waals surface area contributed by atoms with Gasteiger partial charge in [0.05, 0.1) is 5.75 Å². The zero-order valence-electron chi connectivity index (χ0n) is 6.64. The van der Waals surface area contributed by atoms with Gasteiger partial charge in [-0.25, -0.2) is 12.8 Å². The van der Waals surface area contributed by atoms with Gasteiger partial charge in [-0.2, -0.15) is 0 Å². The SMILES string of the molecule is CCS(=O)(=O)CCNCCF. The average Bonchev–Trinajstić information content (AvgIpc) is 1.99. The molecule has 0 aromatic carbocycles. The number of alkyl halides is 1. The minimum Gasteiger partial charge on any atom is -0.313 e. The number of nitrogens with one attached hydrogen (secondary N) is 1. The van der Waals surface area contributed by atoms with Gasteiger partial charge in [-0.05, 0) is 0 Å². The molecule has 0 aromatic heterocycles. The molecular weight excluding hydrogens is 169 g/mol. The zero-order valence-corrected chi connectivity index (χ0v) is 7.45. The molecule has 0 bridgehead atoms. The van der Waals surface area contributed by atoms with Crippen molar-refractivity contribution in [3.05, 3.63) is 0 Å². The van der Waals surface area contributed by atoms with Crippen molar-refractivity contribution < 1.29 is 12.8 Å². The summed E-state index contributed by atoms with van der Waals surface area (Å²) in [6.45, 7) is 1.73. The smallest absolute Gasteiger partial charge is 0.151 e. The number of sulfone groups is 1. The second-order valence-corrected chi connectivity index (χ2v) is 4.65. The molecule has 0 rings (SSSR count). The maximum absolute atomic E-state index is 11.5. The van der Waals surface area contributed by atoms with Gasteiger partial charge < -0.3 is 5.32 Å². The van der Waals surface area contributed by atoms with Crippen molar-refractivity contribution in [3.63, 3.8) is 0 Å². The Hall–Kier alpha value is -0.160. The summed E-state index contributed by atoms with van der Waals surface area (Å²) < 4.78 is 33.1. The van der Waals surface area contributed by atoms with Crippen LogP contribution < -0.4 is 5.32 Å². The topological polar surface area (TPSA) is 46.2 Å². The van der Waals surface area contributed by atoms with Crippen LogP contribution in [0.15, 0.2) is 0 Å². The van der Waals surface area contributed by atoms with Gasteiger partial charge in [0.2, 0.25) is 0 Å². The van der Waals surface area contributed by atoms with E-state index < -0.39 is 16.5 Å². The second kappa shape index (κ2) is 5.49. The number of halogens is 1. The Morgan fingerprint density at radius 1 is 1.36 bits per heavy atom. The molecule has 0 aliphatic carbocycles. The van der Waals surface area contributed by atoms with E-state index in [4.69, 9.17) is 0 Å². The Bertz CT molecular complexity index is 179. The van der Waals surface area contributed by atoms with Crippen LogP contribution in [0, 0.1) is 0 Å². The summed E-state index contributed by atoms with van der Waals surface area (Å²) >= 11 is 0. The van der Waals surface area contributed by atoms with Gasteiger partial charge in [-0.15, -0.1) is 0 Å². The fourth-order valence-electron chi connectivity index (χ4n) is 0.564. The highest BCUT2D eigenvalue weighted by Gasteiger charge is 2.04. The molecule has 0 aliphatic heterocycles. The third-order valence-corrected chi connectivity index (χ3v) is 3.01. The molecule has 0 amide bonds. The van der Waals surface area contributed by atoms with Gasteiger partial charge in [0.1, 0.15) is 6.67 Å². The molecule has 1 N–H and O–H groups in total. The molecule has 0 unspecified atom stereocenters. The molecule has 0 radical (unpaired) electrons. The van der Waals surface area contributed by atoms with Crippen LogP contribution in [0.2, 0.25) is 0 Å². The Kier molecular flexibility index (Phi) is 5.41. The van der Waals surface area contributed by atoms with Crippen molar-refractivity contribution in [2.45, 2.75) is 6.92 Å². The highest BCUT2D eigenvalue weighted by atomic mass is 32.2. The molecule has 68 valence electrons. The lowest BCUT2D eigenvalue weighted by molar-refractivity contribution is 0.471. The van der Waals surface area contributed by atoms with Crippen LogP contribution in [-0.2, 0) is 9.84 Å². The molecule has 0 aliphatic rings. The summed E-state index contributed by atoms with van der Waals surface area (Å²) in [6, 6.07) is 0. The summed E-state index contributed by atoms with van der Waals surface area (Å²) in [5, 5.41) is 2.67. The molecule has 0 atom stereocenters. The maximum atomic E-state index is 11.5. The first-order valence-corrected chi connectivity index (χ1v) is 5.41. The van der Waals surface area contributed by atoms with Crippen LogP contribution in [0.25, 0.3) is 0 Å². The third-order valence-electron chi connectivity index (χ3n) is 1.30. The van der Waals surface area contributed by atoms with Crippen LogP contribution >= 0.6 is 0 Å². The van der Waals surface area contributed by atoms with Gasteiger partial charge in [0.15, 0.2) is 9.84 Å². The molecule has 5 heteroatoms. The minimum atomic E-state index is -2.88. The number of hydrogen-bond donors (Lipinski definition) is 1. The number of hydrogen-bond acceptors (Lipinski definition) is 3. The van der Waals surface area contributed by atoms with E-state index in [0.717, 1.165) is 0 Å². The van der Waals surface area contributed by atoms with E-state index in [0.29, 0.717) is 6.54 Å².